The van der Waals surface area contributed by atoms with Gasteiger partial charge in [-0.1, -0.05) is 0 Å². The van der Waals surface area contributed by atoms with Gasteiger partial charge in [-0.05, 0) is 0 Å². The van der Waals surface area contributed by atoms with E-state index in [4.69, 9.17) is 9.47 Å². The van der Waals surface area contributed by atoms with E-state index in [-0.39, 0.29) is 11.3 Å². The molecular weight excluding hydrogens is 307 g/mol. The van der Waals surface area contributed by atoms with Gasteiger partial charge in [0.1, 0.15) is 0 Å². The van der Waals surface area contributed by atoms with Crippen molar-refractivity contribution in [2.24, 2.45) is 0 Å². The average molecular weight is 335 g/mol. The molecule has 0 saturated carbocycles. The van der Waals surface area contributed by atoms with Gasteiger partial charge in [0.2, 0.25) is 0 Å². The average Bonchev–Trinajstić information content (AvgIpc) is 2.22. The van der Waals surface area contributed by atoms with Crippen molar-refractivity contribution in [3.05, 3.63) is 16.1 Å². The molecular formula is C14H28O2SeSi. The van der Waals surface area contributed by atoms with Crippen LogP contribution in [0.5, 0.6) is 0 Å². The van der Waals surface area contributed by atoms with E-state index in [1.807, 2.05) is 13.8 Å². The molecule has 4 heteroatoms. The predicted octanol–water partition coefficient (Wildman–Crippen LogP) is 4.18. The van der Waals surface area contributed by atoms with E-state index in [1.54, 1.807) is 0 Å². The topological polar surface area (TPSA) is 18.5 Å². The summed E-state index contributed by atoms with van der Waals surface area (Å²) in [6, 6.07) is 0. The molecule has 0 bridgehead atoms. The quantitative estimate of drug-likeness (QED) is 0.314. The third-order valence-corrected chi connectivity index (χ3v) is 9.32. The van der Waals surface area contributed by atoms with Crippen LogP contribution in [0, 0.1) is 0 Å². The van der Waals surface area contributed by atoms with Crippen LogP contribution in [0.25, 0.3) is 0 Å². The number of ether oxygens (including phenoxy) is 2. The summed E-state index contributed by atoms with van der Waals surface area (Å²) in [6.07, 6.45) is -0.190. The number of hydrogen-bond donors (Lipinski definition) is 0. The Labute approximate surface area is 120 Å². The van der Waals surface area contributed by atoms with Gasteiger partial charge in [0.05, 0.1) is 0 Å². The molecule has 0 saturated heterocycles. The van der Waals surface area contributed by atoms with Crippen LogP contribution in [0.1, 0.15) is 34.6 Å². The molecule has 1 atom stereocenters. The molecule has 1 unspecified atom stereocenters. The summed E-state index contributed by atoms with van der Waals surface area (Å²) in [6.45, 7) is 16.1. The van der Waals surface area contributed by atoms with Crippen LogP contribution < -0.4 is 0 Å². The third kappa shape index (κ3) is 5.34. The first-order valence-electron chi connectivity index (χ1n) is 6.43. The Kier molecular flexibility index (Phi) is 7.57. The van der Waals surface area contributed by atoms with Crippen LogP contribution in [0.2, 0.25) is 24.0 Å². The Bertz CT molecular complexity index is 312. The Balaban J connectivity index is 5.21. The molecule has 0 N–H and O–H groups in total. The molecule has 18 heavy (non-hydrogen) atoms. The summed E-state index contributed by atoms with van der Waals surface area (Å²) in [5, 5.41) is 1.27. The first kappa shape index (κ1) is 18.0. The normalized spacial score (nSPS) is 13.8. The van der Waals surface area contributed by atoms with Crippen molar-refractivity contribution in [2.45, 2.75) is 64.9 Å². The van der Waals surface area contributed by atoms with E-state index < -0.39 is 8.07 Å². The van der Waals surface area contributed by atoms with Crippen LogP contribution in [0.15, 0.2) is 16.1 Å². The fourth-order valence-electron chi connectivity index (χ4n) is 1.25. The number of rotatable bonds is 6. The molecule has 0 fully saturated rings. The zero-order valence-corrected chi connectivity index (χ0v) is 15.8. The van der Waals surface area contributed by atoms with Crippen LogP contribution >= 0.6 is 0 Å². The molecule has 0 aromatic heterocycles. The predicted molar refractivity (Wildman–Crippen MR) is 82.6 cm³/mol. The molecule has 0 amide bonds. The van der Waals surface area contributed by atoms with E-state index in [0.29, 0.717) is 21.6 Å². The van der Waals surface area contributed by atoms with Crippen LogP contribution in [-0.4, -0.2) is 35.9 Å². The Morgan fingerprint density at radius 3 is 2.33 bits per heavy atom. The molecule has 0 heterocycles. The first-order valence-corrected chi connectivity index (χ1v) is 12.1. The van der Waals surface area contributed by atoms with Crippen molar-refractivity contribution in [3.8, 4) is 0 Å². The van der Waals surface area contributed by atoms with Crippen molar-refractivity contribution in [1.82, 2.24) is 0 Å². The summed E-state index contributed by atoms with van der Waals surface area (Å²) in [5.41, 5.74) is 3.38. The van der Waals surface area contributed by atoms with Crippen LogP contribution in [0.3, 0.4) is 0 Å². The van der Waals surface area contributed by atoms with Crippen molar-refractivity contribution >= 4 is 23.0 Å². The van der Waals surface area contributed by atoms with Gasteiger partial charge in [0.15, 0.2) is 0 Å². The molecule has 2 nitrogen and oxygen atoms in total. The minimum absolute atomic E-state index is 0.190. The molecule has 0 rings (SSSR count). The van der Waals surface area contributed by atoms with Crippen molar-refractivity contribution in [1.29, 1.82) is 0 Å². The second-order valence-corrected chi connectivity index (χ2v) is 12.5. The Morgan fingerprint density at radius 2 is 1.94 bits per heavy atom. The van der Waals surface area contributed by atoms with Gasteiger partial charge in [0, 0.05) is 0 Å². The minimum atomic E-state index is -1.68. The van der Waals surface area contributed by atoms with Gasteiger partial charge in [-0.2, -0.15) is 0 Å². The Hall–Kier alpha value is 0.0164. The molecule has 0 aromatic rings. The number of hydrogen-bond acceptors (Lipinski definition) is 2. The fourth-order valence-corrected chi connectivity index (χ4v) is 3.53. The molecule has 106 valence electrons. The van der Waals surface area contributed by atoms with E-state index in [0.717, 1.165) is 5.38 Å². The molecule has 0 radical (unpaired) electrons. The molecule has 0 spiro atoms. The summed E-state index contributed by atoms with van der Waals surface area (Å²) in [5.74, 6) is 2.18. The van der Waals surface area contributed by atoms with Gasteiger partial charge < -0.3 is 0 Å². The zero-order valence-electron chi connectivity index (χ0n) is 13.1. The summed E-state index contributed by atoms with van der Waals surface area (Å²) in [4.78, 5) is 2.11. The Morgan fingerprint density at radius 1 is 1.39 bits per heavy atom. The van der Waals surface area contributed by atoms with E-state index in [1.165, 1.54) is 0 Å². The van der Waals surface area contributed by atoms with Crippen LogP contribution in [0.4, 0.5) is 0 Å². The maximum atomic E-state index is 6.01. The maximum absolute atomic E-state index is 6.01. The zero-order chi connectivity index (χ0) is 14.4. The second-order valence-electron chi connectivity index (χ2n) is 5.84. The van der Waals surface area contributed by atoms with E-state index in [9.17, 15) is 0 Å². The molecule has 0 aromatic carbocycles. The SMILES string of the molecule is CCOC(C)OC(=C=C[Se]C)[Si](C)(C)C(C)(C)C. The summed E-state index contributed by atoms with van der Waals surface area (Å²) in [7, 11) is -1.68. The van der Waals surface area contributed by atoms with Crippen molar-refractivity contribution in [3.63, 3.8) is 0 Å². The van der Waals surface area contributed by atoms with Crippen molar-refractivity contribution < 1.29 is 9.47 Å². The van der Waals surface area contributed by atoms with Gasteiger partial charge in [-0.15, -0.1) is 0 Å². The monoisotopic (exact) mass is 336 g/mol. The van der Waals surface area contributed by atoms with E-state index >= 15 is 0 Å². The summed E-state index contributed by atoms with van der Waals surface area (Å²) >= 11 is 0.478. The summed E-state index contributed by atoms with van der Waals surface area (Å²) < 4.78 is 11.5. The van der Waals surface area contributed by atoms with Crippen molar-refractivity contribution in [2.75, 3.05) is 6.61 Å². The first-order chi connectivity index (χ1) is 8.16. The fraction of sp³-hybridized carbons (Fsp3) is 0.786. The molecule has 0 aliphatic heterocycles. The molecule has 0 aliphatic carbocycles. The second kappa shape index (κ2) is 7.57. The van der Waals surface area contributed by atoms with Gasteiger partial charge in [-0.3, -0.25) is 0 Å². The van der Waals surface area contributed by atoms with Gasteiger partial charge >= 0.3 is 120 Å². The molecule has 0 aliphatic rings. The van der Waals surface area contributed by atoms with Gasteiger partial charge in [-0.25, -0.2) is 0 Å². The van der Waals surface area contributed by atoms with E-state index in [2.05, 4.69) is 50.4 Å². The van der Waals surface area contributed by atoms with Gasteiger partial charge in [0.25, 0.3) is 0 Å². The standard InChI is InChI=1S/C14H28O2SeSi/c1-9-15-12(2)16-13(10-11-17-6)18(7,8)14(3,4)5/h11-12H,9H2,1-8H3. The third-order valence-electron chi connectivity index (χ3n) is 3.44. The van der Waals surface area contributed by atoms with Crippen LogP contribution in [-0.2, 0) is 9.47 Å².